The topological polar surface area (TPSA) is 4.93 Å². The van der Waals surface area contributed by atoms with E-state index < -0.39 is 0 Å². The summed E-state index contributed by atoms with van der Waals surface area (Å²) in [6.45, 7) is 16.0. The summed E-state index contributed by atoms with van der Waals surface area (Å²) in [5.74, 6) is 0. The van der Waals surface area contributed by atoms with Crippen molar-refractivity contribution in [3.05, 3.63) is 216 Å². The molecule has 0 amide bonds. The smallest absolute Gasteiger partial charge is 0.0541 e. The van der Waals surface area contributed by atoms with Gasteiger partial charge in [-0.3, -0.25) is 0 Å². The summed E-state index contributed by atoms with van der Waals surface area (Å²) in [6, 6.07) is 51.7. The average Bonchev–Trinajstić information content (AvgIpc) is 3.35. The molecule has 0 radical (unpaired) electrons. The Balaban J connectivity index is 0.000000169. The van der Waals surface area contributed by atoms with Gasteiger partial charge >= 0.3 is 0 Å². The number of para-hydroxylation sites is 2. The number of benzene rings is 6. The highest BCUT2D eigenvalue weighted by Crippen LogP contribution is 2.33. The van der Waals surface area contributed by atoms with Crippen molar-refractivity contribution in [3.63, 3.8) is 0 Å². The molecular formula is C51H51N. The molecule has 1 nitrogen and oxygen atoms in total. The summed E-state index contributed by atoms with van der Waals surface area (Å²) < 4.78 is 2.37. The predicted molar refractivity (Wildman–Crippen MR) is 229 cm³/mol. The molecular weight excluding hydrogens is 627 g/mol. The van der Waals surface area contributed by atoms with Gasteiger partial charge in [-0.1, -0.05) is 157 Å². The molecule has 0 saturated heterocycles. The van der Waals surface area contributed by atoms with Crippen LogP contribution in [-0.4, -0.2) is 4.57 Å². The van der Waals surface area contributed by atoms with Crippen LogP contribution in [0, 0.1) is 27.7 Å². The van der Waals surface area contributed by atoms with E-state index in [0.29, 0.717) is 0 Å². The molecule has 8 rings (SSSR count). The normalized spacial score (nSPS) is 11.8. The zero-order chi connectivity index (χ0) is 36.9. The van der Waals surface area contributed by atoms with E-state index in [0.717, 1.165) is 6.42 Å². The summed E-state index contributed by atoms with van der Waals surface area (Å²) in [5.41, 5.74) is 15.6. The Hall–Kier alpha value is -5.92. The molecule has 1 aromatic heterocycles. The molecule has 1 heterocycles. The third-order valence-electron chi connectivity index (χ3n) is 9.25. The highest BCUT2D eigenvalue weighted by atomic mass is 15.0. The van der Waals surface area contributed by atoms with Crippen molar-refractivity contribution in [2.45, 2.75) is 48.0 Å². The van der Waals surface area contributed by atoms with Crippen LogP contribution >= 0.6 is 0 Å². The molecule has 6 aromatic carbocycles. The third kappa shape index (κ3) is 9.24. The maximum Gasteiger partial charge on any atom is 0.0541 e. The first-order chi connectivity index (χ1) is 25.3. The summed E-state index contributed by atoms with van der Waals surface area (Å²) in [4.78, 5) is 0. The Bertz CT molecular complexity index is 2280. The zero-order valence-electron chi connectivity index (χ0n) is 31.6. The highest BCUT2D eigenvalue weighted by Gasteiger charge is 2.12. The number of allylic oxidation sites excluding steroid dienone is 7. The molecule has 0 saturated carbocycles. The largest absolute Gasteiger partial charge is 0.309 e. The molecule has 1 heteroatoms. The lowest BCUT2D eigenvalue weighted by molar-refractivity contribution is 1.18. The zero-order valence-corrected chi connectivity index (χ0v) is 31.6. The SMILES string of the molecule is C=CC.CC1=C(c2ccccc2C)C=CCC=C1.Cc1cccc(-c2cccc(-n3c4ccccc4c4ccccc43)c2)c1.Cc1ccccc1C. The first kappa shape index (κ1) is 37.3. The van der Waals surface area contributed by atoms with Gasteiger partial charge in [-0.05, 0) is 117 Å². The van der Waals surface area contributed by atoms with Crippen LogP contribution in [0.15, 0.2) is 188 Å². The Labute approximate surface area is 311 Å². The maximum absolute atomic E-state index is 3.36. The van der Waals surface area contributed by atoms with Crippen LogP contribution in [-0.2, 0) is 0 Å². The number of hydrogen-bond donors (Lipinski definition) is 0. The molecule has 0 aliphatic heterocycles. The van der Waals surface area contributed by atoms with E-state index in [1.165, 1.54) is 77.6 Å². The van der Waals surface area contributed by atoms with Crippen LogP contribution in [0.4, 0.5) is 0 Å². The minimum Gasteiger partial charge on any atom is -0.309 e. The monoisotopic (exact) mass is 677 g/mol. The van der Waals surface area contributed by atoms with Gasteiger partial charge in [-0.15, -0.1) is 6.58 Å². The molecule has 260 valence electrons. The molecule has 0 spiro atoms. The number of fused-ring (bicyclic) bond motifs is 3. The minimum absolute atomic E-state index is 1.03. The van der Waals surface area contributed by atoms with E-state index in [2.05, 4.69) is 216 Å². The van der Waals surface area contributed by atoms with Gasteiger partial charge < -0.3 is 4.57 Å². The standard InChI is InChI=1S/C25H19N.C15H16.C8H10.C3H6/c1-18-8-6-9-19(16-18)20-10-7-11-21(17-20)26-24-14-4-2-12-22(24)23-13-3-5-15-25(23)26;1-12-8-4-3-5-10-14(12)15-11-7-6-9-13(15)2;1-7-5-3-4-6-8(7)2;1-3-2/h2-17H,1H3;4-11H,3H2,1-2H3;3-6H,1-2H3;3H,1H2,2H3. The lowest BCUT2D eigenvalue weighted by Crippen LogP contribution is -1.94. The van der Waals surface area contributed by atoms with Crippen molar-refractivity contribution < 1.29 is 0 Å². The number of rotatable bonds is 3. The lowest BCUT2D eigenvalue weighted by Gasteiger charge is -2.10. The summed E-state index contributed by atoms with van der Waals surface area (Å²) >= 11 is 0. The lowest BCUT2D eigenvalue weighted by atomic mass is 9.97. The number of aromatic nitrogens is 1. The van der Waals surface area contributed by atoms with Crippen LogP contribution < -0.4 is 0 Å². The fraction of sp³-hybridized carbons (Fsp3) is 0.137. The number of aryl methyl sites for hydroxylation is 4. The molecule has 52 heavy (non-hydrogen) atoms. The Kier molecular flexibility index (Phi) is 13.2. The van der Waals surface area contributed by atoms with E-state index in [1.807, 2.05) is 6.92 Å². The van der Waals surface area contributed by atoms with Gasteiger partial charge in [-0.25, -0.2) is 0 Å². The maximum atomic E-state index is 3.36. The molecule has 1 aliphatic carbocycles. The van der Waals surface area contributed by atoms with Crippen molar-refractivity contribution in [2.75, 3.05) is 0 Å². The molecule has 0 atom stereocenters. The van der Waals surface area contributed by atoms with Crippen LogP contribution in [0.5, 0.6) is 0 Å². The van der Waals surface area contributed by atoms with Crippen molar-refractivity contribution in [1.29, 1.82) is 0 Å². The van der Waals surface area contributed by atoms with Crippen LogP contribution in [0.25, 0.3) is 44.2 Å². The van der Waals surface area contributed by atoms with E-state index in [4.69, 9.17) is 0 Å². The molecule has 0 fully saturated rings. The molecule has 0 unspecified atom stereocenters. The quantitative estimate of drug-likeness (QED) is 0.164. The van der Waals surface area contributed by atoms with Gasteiger partial charge in [0, 0.05) is 16.5 Å². The van der Waals surface area contributed by atoms with Crippen molar-refractivity contribution in [2.24, 2.45) is 0 Å². The van der Waals surface area contributed by atoms with Gasteiger partial charge in [0.1, 0.15) is 0 Å². The van der Waals surface area contributed by atoms with E-state index >= 15 is 0 Å². The Morgan fingerprint density at radius 3 is 1.60 bits per heavy atom. The second-order valence-electron chi connectivity index (χ2n) is 13.2. The highest BCUT2D eigenvalue weighted by molar-refractivity contribution is 6.09. The summed E-state index contributed by atoms with van der Waals surface area (Å²) in [6.07, 6.45) is 11.7. The van der Waals surface area contributed by atoms with Gasteiger partial charge in [0.05, 0.1) is 11.0 Å². The fourth-order valence-electron chi connectivity index (χ4n) is 6.42. The van der Waals surface area contributed by atoms with Crippen LogP contribution in [0.2, 0.25) is 0 Å². The van der Waals surface area contributed by atoms with Crippen LogP contribution in [0.3, 0.4) is 0 Å². The third-order valence-corrected chi connectivity index (χ3v) is 9.25. The van der Waals surface area contributed by atoms with Gasteiger partial charge in [-0.2, -0.15) is 0 Å². The fourth-order valence-corrected chi connectivity index (χ4v) is 6.42. The average molecular weight is 678 g/mol. The first-order valence-electron chi connectivity index (χ1n) is 18.2. The van der Waals surface area contributed by atoms with E-state index in [9.17, 15) is 0 Å². The van der Waals surface area contributed by atoms with Crippen LogP contribution in [0.1, 0.15) is 48.1 Å². The molecule has 7 aromatic rings. The van der Waals surface area contributed by atoms with Crippen molar-refractivity contribution >= 4 is 27.4 Å². The summed E-state index contributed by atoms with van der Waals surface area (Å²) in [5, 5.41) is 2.59. The predicted octanol–water partition coefficient (Wildman–Crippen LogP) is 14.5. The van der Waals surface area contributed by atoms with Crippen molar-refractivity contribution in [3.8, 4) is 16.8 Å². The number of nitrogens with zero attached hydrogens (tertiary/aromatic N) is 1. The second-order valence-corrected chi connectivity index (χ2v) is 13.2. The van der Waals surface area contributed by atoms with E-state index in [-0.39, 0.29) is 0 Å². The Morgan fingerprint density at radius 2 is 1.02 bits per heavy atom. The van der Waals surface area contributed by atoms with Gasteiger partial charge in [0.25, 0.3) is 0 Å². The van der Waals surface area contributed by atoms with Crippen molar-refractivity contribution in [1.82, 2.24) is 4.57 Å². The number of hydrogen-bond acceptors (Lipinski definition) is 0. The second kappa shape index (κ2) is 18.4. The first-order valence-corrected chi connectivity index (χ1v) is 18.2. The van der Waals surface area contributed by atoms with Gasteiger partial charge in [0.15, 0.2) is 0 Å². The Morgan fingerprint density at radius 1 is 0.519 bits per heavy atom. The van der Waals surface area contributed by atoms with E-state index in [1.54, 1.807) is 6.08 Å². The minimum atomic E-state index is 1.03. The molecule has 1 aliphatic rings. The molecule has 0 N–H and O–H groups in total. The van der Waals surface area contributed by atoms with Gasteiger partial charge in [0.2, 0.25) is 0 Å². The molecule has 0 bridgehead atoms. The summed E-state index contributed by atoms with van der Waals surface area (Å²) in [7, 11) is 0.